The third-order valence-electron chi connectivity index (χ3n) is 13.4. The van der Waals surface area contributed by atoms with Crippen LogP contribution in [-0.2, 0) is 31.9 Å². The molecule has 3 aromatic carbocycles. The van der Waals surface area contributed by atoms with Crippen molar-refractivity contribution in [1.82, 2.24) is 40.4 Å². The number of carbonyl (C=O) groups excluding carboxylic acids is 4. The molecule has 3 fully saturated rings. The number of imidazole rings is 2. The van der Waals surface area contributed by atoms with Gasteiger partial charge in [0.05, 0.1) is 48.7 Å². The van der Waals surface area contributed by atoms with E-state index in [2.05, 4.69) is 63.1 Å². The molecule has 5 aromatic rings. The number of hydrogen-bond donors (Lipinski definition) is 4. The Kier molecular flexibility index (Phi) is 10.3. The number of H-pyrrole nitrogens is 2. The Balaban J connectivity index is 0.963. The number of nitrogens with one attached hydrogen (secondary N) is 4. The van der Waals surface area contributed by atoms with Crippen molar-refractivity contribution < 1.29 is 28.7 Å². The Morgan fingerprint density at radius 3 is 2.23 bits per heavy atom. The zero-order chi connectivity index (χ0) is 42.0. The van der Waals surface area contributed by atoms with Crippen LogP contribution >= 0.6 is 0 Å². The fourth-order valence-electron chi connectivity index (χ4n) is 10.3. The number of ether oxygens (including phenoxy) is 2. The summed E-state index contributed by atoms with van der Waals surface area (Å²) in [6.07, 6.45) is 5.03. The predicted molar refractivity (Wildman–Crippen MR) is 227 cm³/mol. The van der Waals surface area contributed by atoms with Gasteiger partial charge in [-0.1, -0.05) is 64.1 Å². The Bertz CT molecular complexity index is 2510. The lowest BCUT2D eigenvalue weighted by Gasteiger charge is -2.37. The molecule has 0 spiro atoms. The first kappa shape index (κ1) is 39.5. The number of amides is 4. The van der Waals surface area contributed by atoms with E-state index in [1.54, 1.807) is 0 Å². The highest BCUT2D eigenvalue weighted by atomic mass is 16.5. The second-order valence-electron chi connectivity index (χ2n) is 17.7. The second-order valence-corrected chi connectivity index (χ2v) is 17.7. The molecule has 2 aliphatic heterocycles. The number of piperidine rings is 1. The Hall–Kier alpha value is -5.92. The van der Waals surface area contributed by atoms with Gasteiger partial charge < -0.3 is 39.9 Å². The summed E-state index contributed by atoms with van der Waals surface area (Å²) in [4.78, 5) is 73.4. The third-order valence-corrected chi connectivity index (χ3v) is 13.4. The second kappa shape index (κ2) is 15.6. The van der Waals surface area contributed by atoms with E-state index in [0.29, 0.717) is 12.5 Å². The first-order valence-corrected chi connectivity index (χ1v) is 21.4. The molecule has 2 bridgehead atoms. The Labute approximate surface area is 349 Å². The van der Waals surface area contributed by atoms with Gasteiger partial charge in [-0.3, -0.25) is 9.59 Å². The molecule has 0 radical (unpaired) electrons. The lowest BCUT2D eigenvalue weighted by Crippen LogP contribution is -2.54. The number of benzene rings is 3. The van der Waals surface area contributed by atoms with Gasteiger partial charge in [0.2, 0.25) is 11.8 Å². The summed E-state index contributed by atoms with van der Waals surface area (Å²) < 4.78 is 9.66. The van der Waals surface area contributed by atoms with Crippen LogP contribution in [0.2, 0.25) is 0 Å². The highest BCUT2D eigenvalue weighted by Crippen LogP contribution is 2.51. The molecule has 9 rings (SSSR count). The molecule has 1 saturated carbocycles. The van der Waals surface area contributed by atoms with Crippen LogP contribution in [0.5, 0.6) is 0 Å². The zero-order valence-corrected chi connectivity index (χ0v) is 35.1. The molecule has 60 heavy (non-hydrogen) atoms. The third kappa shape index (κ3) is 6.83. The minimum Gasteiger partial charge on any atom is -0.453 e. The van der Waals surface area contributed by atoms with Crippen LogP contribution in [0.1, 0.15) is 94.8 Å². The molecule has 2 aliphatic carbocycles. The molecular weight excluding hydrogens is 761 g/mol. The number of nitrogens with zero attached hydrogens (tertiary/aromatic N) is 4. The number of aromatic nitrogens is 4. The lowest BCUT2D eigenvalue weighted by molar-refractivity contribution is -0.139. The Morgan fingerprint density at radius 1 is 0.783 bits per heavy atom. The minimum atomic E-state index is -0.693. The van der Waals surface area contributed by atoms with Crippen molar-refractivity contribution in [2.75, 3.05) is 20.8 Å². The van der Waals surface area contributed by atoms with E-state index in [1.165, 1.54) is 19.8 Å². The van der Waals surface area contributed by atoms with Gasteiger partial charge in [0.15, 0.2) is 0 Å². The molecule has 4 amide bonds. The summed E-state index contributed by atoms with van der Waals surface area (Å²) in [5.74, 6) is 1.49. The van der Waals surface area contributed by atoms with Crippen molar-refractivity contribution in [3.63, 3.8) is 0 Å². The summed E-state index contributed by atoms with van der Waals surface area (Å²) >= 11 is 0. The van der Waals surface area contributed by atoms with E-state index >= 15 is 0 Å². The van der Waals surface area contributed by atoms with Crippen molar-refractivity contribution in [2.45, 2.75) is 103 Å². The smallest absolute Gasteiger partial charge is 0.407 e. The normalized spacial score (nSPS) is 21.7. The largest absolute Gasteiger partial charge is 0.453 e. The molecule has 4 heterocycles. The monoisotopic (exact) mass is 814 g/mol. The maximum absolute atomic E-state index is 14.1. The van der Waals surface area contributed by atoms with E-state index in [0.717, 1.165) is 106 Å². The van der Waals surface area contributed by atoms with Crippen molar-refractivity contribution >= 4 is 45.8 Å². The average Bonchev–Trinajstić information content (AvgIpc) is 4.11. The van der Waals surface area contributed by atoms with Crippen molar-refractivity contribution in [3.05, 3.63) is 71.4 Å². The number of methoxy groups -OCH3 is 2. The van der Waals surface area contributed by atoms with Gasteiger partial charge in [0.25, 0.3) is 0 Å². The number of fused-ring (bicyclic) bond motifs is 8. The minimum absolute atomic E-state index is 0.0744. The van der Waals surface area contributed by atoms with Crippen LogP contribution in [0.4, 0.5) is 9.59 Å². The zero-order valence-electron chi connectivity index (χ0n) is 35.1. The molecule has 4 aliphatic rings. The fourth-order valence-corrected chi connectivity index (χ4v) is 10.3. The predicted octanol–water partition coefficient (Wildman–Crippen LogP) is 7.35. The van der Waals surface area contributed by atoms with Crippen molar-refractivity contribution in [3.8, 4) is 22.4 Å². The van der Waals surface area contributed by atoms with Gasteiger partial charge in [-0.15, -0.1) is 0 Å². The first-order valence-electron chi connectivity index (χ1n) is 21.4. The van der Waals surface area contributed by atoms with Crippen molar-refractivity contribution in [2.24, 2.45) is 17.8 Å². The van der Waals surface area contributed by atoms with Gasteiger partial charge in [-0.2, -0.15) is 0 Å². The number of rotatable bonds is 9. The van der Waals surface area contributed by atoms with Gasteiger partial charge in [0, 0.05) is 23.5 Å². The highest BCUT2D eigenvalue weighted by Gasteiger charge is 2.52. The van der Waals surface area contributed by atoms with Crippen LogP contribution in [0.15, 0.2) is 48.5 Å². The number of carbonyl (C=O) groups is 4. The number of aromatic amines is 2. The summed E-state index contributed by atoms with van der Waals surface area (Å²) in [7, 11) is 2.62. The summed E-state index contributed by atoms with van der Waals surface area (Å²) in [5, 5.41) is 7.65. The molecule has 0 unspecified atom stereocenters. The molecule has 6 atom stereocenters. The molecule has 4 N–H and O–H groups in total. The standard InChI is InChI=1S/C46H54N8O6/c1-23(2)36(51-45(57)59-5)43(55)53-19-7-8-35(53)41-47-33-17-12-27-20-25(10-15-31(27)38(33)49-41)26-11-16-32-28(21-26)13-18-34-39(32)50-42(48-34)40-29-9-14-30(22-29)54(40)44(56)37(24(3)4)52-46(58)60-6/h10-12,15-17,20-21,23-24,29-30,35-37,40H,7-9,13-14,18-19,22H2,1-6H3,(H,47,49)(H,48,50)(H,51,57)(H,52,58)/t29-,30+,35-,36-,37-,40-/m0/s1. The van der Waals surface area contributed by atoms with Crippen molar-refractivity contribution in [1.29, 1.82) is 0 Å². The molecule has 2 saturated heterocycles. The van der Waals surface area contributed by atoms with Crippen LogP contribution in [0.25, 0.3) is 44.2 Å². The van der Waals surface area contributed by atoms with Gasteiger partial charge in [0.1, 0.15) is 23.7 Å². The molecule has 314 valence electrons. The lowest BCUT2D eigenvalue weighted by atomic mass is 9.89. The highest BCUT2D eigenvalue weighted by molar-refractivity contribution is 6.05. The van der Waals surface area contributed by atoms with Gasteiger partial charge >= 0.3 is 12.2 Å². The summed E-state index contributed by atoms with van der Waals surface area (Å²) in [5.41, 5.74) is 8.48. The maximum atomic E-state index is 14.1. The quantitative estimate of drug-likeness (QED) is 0.120. The number of likely N-dealkylation sites (tertiary alicyclic amines) is 2. The molecular formula is C46H54N8O6. The van der Waals surface area contributed by atoms with E-state index in [9.17, 15) is 19.2 Å². The molecule has 14 heteroatoms. The van der Waals surface area contributed by atoms with E-state index < -0.39 is 24.3 Å². The van der Waals surface area contributed by atoms with E-state index in [1.807, 2.05) is 43.6 Å². The van der Waals surface area contributed by atoms with Crippen LogP contribution in [-0.4, -0.2) is 92.6 Å². The van der Waals surface area contributed by atoms with Crippen LogP contribution in [0, 0.1) is 17.8 Å². The summed E-state index contributed by atoms with van der Waals surface area (Å²) in [6.45, 7) is 8.31. The van der Waals surface area contributed by atoms with Crippen LogP contribution < -0.4 is 10.6 Å². The number of aryl methyl sites for hydroxylation is 2. The fraction of sp³-hybridized carbons (Fsp3) is 0.478. The topological polar surface area (TPSA) is 175 Å². The SMILES string of the molecule is COC(=O)N[C@H](C(=O)N1CCC[C@H]1c1nc2ccc3cc(-c4ccc5c(c4)CCc4nc([C@@H]6[C@H]7CC[C@H](C7)N6C(=O)[C@@H](NC(=O)OC)C(C)C)[nH]c4-5)ccc3c2[nH]1)C(C)C. The average molecular weight is 815 g/mol. The maximum Gasteiger partial charge on any atom is 0.407 e. The van der Waals surface area contributed by atoms with Gasteiger partial charge in [-0.05, 0) is 96.9 Å². The summed E-state index contributed by atoms with van der Waals surface area (Å²) in [6, 6.07) is 15.7. The first-order chi connectivity index (χ1) is 28.9. The van der Waals surface area contributed by atoms with Crippen LogP contribution in [0.3, 0.4) is 0 Å². The number of alkyl carbamates (subject to hydrolysis) is 2. The molecule has 14 nitrogen and oxygen atoms in total. The molecule has 2 aromatic heterocycles. The van der Waals surface area contributed by atoms with E-state index in [-0.39, 0.29) is 41.8 Å². The van der Waals surface area contributed by atoms with Gasteiger partial charge in [-0.25, -0.2) is 19.6 Å². The van der Waals surface area contributed by atoms with E-state index in [4.69, 9.17) is 19.4 Å². The Morgan fingerprint density at radius 2 is 1.50 bits per heavy atom. The number of hydrogen-bond acceptors (Lipinski definition) is 8.